The summed E-state index contributed by atoms with van der Waals surface area (Å²) < 4.78 is 5.36. The van der Waals surface area contributed by atoms with Gasteiger partial charge in [-0.05, 0) is 51.4 Å². The van der Waals surface area contributed by atoms with Crippen molar-refractivity contribution in [3.63, 3.8) is 0 Å². The fourth-order valence-corrected chi connectivity index (χ4v) is 3.15. The van der Waals surface area contributed by atoms with E-state index in [1.165, 1.54) is 19.3 Å². The van der Waals surface area contributed by atoms with Gasteiger partial charge in [0.15, 0.2) is 0 Å². The third-order valence-corrected chi connectivity index (χ3v) is 4.21. The van der Waals surface area contributed by atoms with Gasteiger partial charge in [-0.3, -0.25) is 4.79 Å². The van der Waals surface area contributed by atoms with Crippen LogP contribution in [0.2, 0.25) is 0 Å². The number of ether oxygens (including phenoxy) is 1. The maximum atomic E-state index is 11.7. The largest absolute Gasteiger partial charge is 0.460 e. The second-order valence-corrected chi connectivity index (χ2v) is 6.42. The third-order valence-electron chi connectivity index (χ3n) is 4.21. The molecular weight excluding hydrogens is 202 g/mol. The molecule has 0 amide bonds. The molecule has 0 aromatic rings. The average Bonchev–Trinajstić information content (AvgIpc) is 1.95. The predicted molar refractivity (Wildman–Crippen MR) is 62.8 cm³/mol. The van der Waals surface area contributed by atoms with Crippen molar-refractivity contribution in [2.24, 2.45) is 17.1 Å². The van der Waals surface area contributed by atoms with Crippen LogP contribution in [0.25, 0.3) is 0 Å². The number of rotatable bonds is 2. The summed E-state index contributed by atoms with van der Waals surface area (Å²) in [5.74, 6) is 0.418. The van der Waals surface area contributed by atoms with Crippen molar-refractivity contribution in [3.8, 4) is 0 Å². The van der Waals surface area contributed by atoms with Crippen LogP contribution in [0.4, 0.5) is 0 Å². The lowest BCUT2D eigenvalue weighted by atomic mass is 9.46. The van der Waals surface area contributed by atoms with Gasteiger partial charge >= 0.3 is 5.97 Å². The second kappa shape index (κ2) is 3.73. The SMILES string of the molecule is CC(C)(C)OC(=O)CC1CC(N)C12CCC2. The van der Waals surface area contributed by atoms with Crippen LogP contribution in [-0.2, 0) is 9.53 Å². The van der Waals surface area contributed by atoms with Gasteiger partial charge in [0.2, 0.25) is 0 Å². The van der Waals surface area contributed by atoms with E-state index in [0.717, 1.165) is 6.42 Å². The van der Waals surface area contributed by atoms with E-state index in [1.807, 2.05) is 20.8 Å². The molecule has 2 aliphatic rings. The van der Waals surface area contributed by atoms with E-state index in [9.17, 15) is 4.79 Å². The van der Waals surface area contributed by atoms with Crippen molar-refractivity contribution < 1.29 is 9.53 Å². The number of nitrogens with two attached hydrogens (primary N) is 1. The Balaban J connectivity index is 1.85. The molecule has 0 aromatic carbocycles. The van der Waals surface area contributed by atoms with Crippen LogP contribution >= 0.6 is 0 Å². The highest BCUT2D eigenvalue weighted by Crippen LogP contribution is 2.60. The van der Waals surface area contributed by atoms with Gasteiger partial charge in [-0.1, -0.05) is 6.42 Å². The van der Waals surface area contributed by atoms with Crippen LogP contribution in [0.1, 0.15) is 52.9 Å². The molecule has 2 N–H and O–H groups in total. The van der Waals surface area contributed by atoms with Gasteiger partial charge in [-0.25, -0.2) is 0 Å². The first kappa shape index (κ1) is 11.9. The number of hydrogen-bond acceptors (Lipinski definition) is 3. The first-order chi connectivity index (χ1) is 7.33. The minimum absolute atomic E-state index is 0.0596. The van der Waals surface area contributed by atoms with Gasteiger partial charge in [-0.15, -0.1) is 0 Å². The quantitative estimate of drug-likeness (QED) is 0.733. The Bertz CT molecular complexity index is 289. The van der Waals surface area contributed by atoms with Crippen molar-refractivity contribution >= 4 is 5.97 Å². The van der Waals surface area contributed by atoms with Crippen molar-refractivity contribution in [1.82, 2.24) is 0 Å². The van der Waals surface area contributed by atoms with Crippen LogP contribution < -0.4 is 5.73 Å². The average molecular weight is 225 g/mol. The van der Waals surface area contributed by atoms with E-state index in [1.54, 1.807) is 0 Å². The summed E-state index contributed by atoms with van der Waals surface area (Å²) in [6, 6.07) is 0.327. The van der Waals surface area contributed by atoms with Crippen LogP contribution in [0, 0.1) is 11.3 Å². The highest BCUT2D eigenvalue weighted by Gasteiger charge is 2.56. The molecule has 0 aromatic heterocycles. The van der Waals surface area contributed by atoms with Crippen molar-refractivity contribution in [2.75, 3.05) is 0 Å². The van der Waals surface area contributed by atoms with Crippen LogP contribution in [0.5, 0.6) is 0 Å². The molecule has 2 aliphatic carbocycles. The van der Waals surface area contributed by atoms with E-state index in [0.29, 0.717) is 23.8 Å². The molecule has 2 atom stereocenters. The van der Waals surface area contributed by atoms with Gasteiger partial charge in [0.1, 0.15) is 5.60 Å². The van der Waals surface area contributed by atoms with Gasteiger partial charge < -0.3 is 10.5 Å². The van der Waals surface area contributed by atoms with Crippen LogP contribution in [0.15, 0.2) is 0 Å². The summed E-state index contributed by atoms with van der Waals surface area (Å²) in [6.45, 7) is 5.74. The summed E-state index contributed by atoms with van der Waals surface area (Å²) in [5.41, 5.74) is 6.00. The number of hydrogen-bond donors (Lipinski definition) is 1. The fourth-order valence-electron chi connectivity index (χ4n) is 3.15. The molecule has 16 heavy (non-hydrogen) atoms. The maximum absolute atomic E-state index is 11.7. The van der Waals surface area contributed by atoms with Crippen LogP contribution in [0.3, 0.4) is 0 Å². The van der Waals surface area contributed by atoms with E-state index < -0.39 is 0 Å². The van der Waals surface area contributed by atoms with Crippen molar-refractivity contribution in [2.45, 2.75) is 64.5 Å². The van der Waals surface area contributed by atoms with Gasteiger partial charge in [-0.2, -0.15) is 0 Å². The molecule has 2 unspecified atom stereocenters. The molecule has 3 nitrogen and oxygen atoms in total. The summed E-state index contributed by atoms with van der Waals surface area (Å²) in [4.78, 5) is 11.7. The summed E-state index contributed by atoms with van der Waals surface area (Å²) in [7, 11) is 0. The molecule has 0 bridgehead atoms. The molecule has 0 radical (unpaired) electrons. The third kappa shape index (κ3) is 1.97. The zero-order valence-corrected chi connectivity index (χ0v) is 10.6. The Labute approximate surface area is 97.7 Å². The number of esters is 1. The monoisotopic (exact) mass is 225 g/mol. The smallest absolute Gasteiger partial charge is 0.306 e. The zero-order chi connectivity index (χ0) is 12.0. The second-order valence-electron chi connectivity index (χ2n) is 6.42. The Morgan fingerprint density at radius 3 is 2.44 bits per heavy atom. The van der Waals surface area contributed by atoms with Gasteiger partial charge in [0.05, 0.1) is 0 Å². The number of carbonyl (C=O) groups excluding carboxylic acids is 1. The topological polar surface area (TPSA) is 52.3 Å². The Morgan fingerprint density at radius 1 is 1.44 bits per heavy atom. The fraction of sp³-hybridized carbons (Fsp3) is 0.923. The Kier molecular flexibility index (Phi) is 2.77. The molecule has 0 aliphatic heterocycles. The normalized spacial score (nSPS) is 31.8. The van der Waals surface area contributed by atoms with Crippen molar-refractivity contribution in [3.05, 3.63) is 0 Å². The van der Waals surface area contributed by atoms with E-state index in [-0.39, 0.29) is 11.6 Å². The predicted octanol–water partition coefficient (Wildman–Crippen LogP) is 2.24. The number of carbonyl (C=O) groups is 1. The highest BCUT2D eigenvalue weighted by atomic mass is 16.6. The first-order valence-electron chi connectivity index (χ1n) is 6.31. The maximum Gasteiger partial charge on any atom is 0.306 e. The lowest BCUT2D eigenvalue weighted by Gasteiger charge is -2.60. The van der Waals surface area contributed by atoms with Gasteiger partial charge in [0.25, 0.3) is 0 Å². The van der Waals surface area contributed by atoms with E-state index >= 15 is 0 Å². The zero-order valence-electron chi connectivity index (χ0n) is 10.6. The minimum Gasteiger partial charge on any atom is -0.460 e. The molecule has 2 rings (SSSR count). The molecule has 2 fully saturated rings. The highest BCUT2D eigenvalue weighted by molar-refractivity contribution is 5.70. The molecular formula is C13H23NO2. The Hall–Kier alpha value is -0.570. The Morgan fingerprint density at radius 2 is 2.06 bits per heavy atom. The molecule has 3 heteroatoms. The molecule has 0 saturated heterocycles. The first-order valence-corrected chi connectivity index (χ1v) is 6.31. The van der Waals surface area contributed by atoms with Crippen LogP contribution in [-0.4, -0.2) is 17.6 Å². The lowest BCUT2D eigenvalue weighted by molar-refractivity contribution is -0.163. The van der Waals surface area contributed by atoms with E-state index in [2.05, 4.69) is 0 Å². The van der Waals surface area contributed by atoms with Crippen molar-refractivity contribution in [1.29, 1.82) is 0 Å². The van der Waals surface area contributed by atoms with E-state index in [4.69, 9.17) is 10.5 Å². The molecule has 92 valence electrons. The standard InChI is InChI=1S/C13H23NO2/c1-12(2,3)16-11(15)8-9-7-10(14)13(9)5-4-6-13/h9-10H,4-8,14H2,1-3H3. The molecule has 2 saturated carbocycles. The minimum atomic E-state index is -0.365. The summed E-state index contributed by atoms with van der Waals surface area (Å²) in [6.07, 6.45) is 5.26. The summed E-state index contributed by atoms with van der Waals surface area (Å²) in [5, 5.41) is 0. The molecule has 0 heterocycles. The lowest BCUT2D eigenvalue weighted by Crippen LogP contribution is -2.61. The van der Waals surface area contributed by atoms with Gasteiger partial charge in [0, 0.05) is 12.5 Å². The molecule has 1 spiro atoms. The summed E-state index contributed by atoms with van der Waals surface area (Å²) >= 11 is 0.